The lowest BCUT2D eigenvalue weighted by Gasteiger charge is -2.11. The number of aromatic nitrogens is 2. The van der Waals surface area contributed by atoms with E-state index in [1.165, 1.54) is 6.20 Å². The molecule has 138 valence electrons. The number of hydrogen-bond acceptors (Lipinski definition) is 5. The highest BCUT2D eigenvalue weighted by Gasteiger charge is 2.09. The molecule has 28 heavy (non-hydrogen) atoms. The van der Waals surface area contributed by atoms with E-state index in [4.69, 9.17) is 0 Å². The molecular weight excluding hydrogens is 356 g/mol. The zero-order valence-electron chi connectivity index (χ0n) is 14.6. The summed E-state index contributed by atoms with van der Waals surface area (Å²) in [6.45, 7) is 0. The van der Waals surface area contributed by atoms with Crippen LogP contribution in [0, 0.1) is 0 Å². The highest BCUT2D eigenvalue weighted by atomic mass is 16.3. The lowest BCUT2D eigenvalue weighted by molar-refractivity contribution is 0.102. The van der Waals surface area contributed by atoms with Crippen LogP contribution in [0.2, 0.25) is 0 Å². The van der Waals surface area contributed by atoms with Gasteiger partial charge in [0.05, 0.1) is 11.1 Å². The molecule has 1 amide bonds. The molecular formula is C21H16N4O3. The van der Waals surface area contributed by atoms with Crippen LogP contribution in [-0.4, -0.2) is 21.0 Å². The standard InChI is InChI=1S/C21H16N4O3/c26-17-12-18(27)25-20-19(17)16(10-11-22-20)23-14-6-8-15(9-7-14)24-21(28)13-4-2-1-3-5-13/h1-12H,(H,24,28)(H3,22,23,25,26,27). The van der Waals surface area contributed by atoms with Crippen molar-refractivity contribution in [2.45, 2.75) is 0 Å². The van der Waals surface area contributed by atoms with E-state index >= 15 is 0 Å². The molecule has 0 atom stereocenters. The number of aromatic hydroxyl groups is 1. The summed E-state index contributed by atoms with van der Waals surface area (Å²) in [6.07, 6.45) is 1.54. The number of nitrogens with one attached hydrogen (secondary N) is 3. The molecule has 0 saturated carbocycles. The molecule has 2 aromatic carbocycles. The molecule has 0 radical (unpaired) electrons. The number of carbonyl (C=O) groups excluding carboxylic acids is 1. The number of aromatic amines is 1. The van der Waals surface area contributed by atoms with Gasteiger partial charge in [-0.2, -0.15) is 0 Å². The molecule has 0 unspecified atom stereocenters. The van der Waals surface area contributed by atoms with Crippen molar-refractivity contribution in [2.24, 2.45) is 0 Å². The first-order chi connectivity index (χ1) is 13.6. The molecule has 0 aliphatic carbocycles. The fraction of sp³-hybridized carbons (Fsp3) is 0. The van der Waals surface area contributed by atoms with E-state index in [1.54, 1.807) is 42.5 Å². The van der Waals surface area contributed by atoms with Crippen molar-refractivity contribution in [1.82, 2.24) is 9.97 Å². The number of benzene rings is 2. The third kappa shape index (κ3) is 3.54. The molecule has 2 heterocycles. The third-order valence-electron chi connectivity index (χ3n) is 4.17. The van der Waals surface area contributed by atoms with Gasteiger partial charge in [0.2, 0.25) is 0 Å². The third-order valence-corrected chi connectivity index (χ3v) is 4.17. The monoisotopic (exact) mass is 372 g/mol. The molecule has 0 fully saturated rings. The predicted molar refractivity (Wildman–Crippen MR) is 108 cm³/mol. The average molecular weight is 372 g/mol. The van der Waals surface area contributed by atoms with Crippen LogP contribution in [0.25, 0.3) is 11.0 Å². The van der Waals surface area contributed by atoms with E-state index in [9.17, 15) is 14.7 Å². The van der Waals surface area contributed by atoms with Crippen molar-refractivity contribution in [3.8, 4) is 5.75 Å². The van der Waals surface area contributed by atoms with Crippen LogP contribution in [0.15, 0.2) is 77.7 Å². The van der Waals surface area contributed by atoms with E-state index in [2.05, 4.69) is 20.6 Å². The molecule has 7 nitrogen and oxygen atoms in total. The van der Waals surface area contributed by atoms with Crippen molar-refractivity contribution in [3.05, 3.63) is 88.8 Å². The Labute approximate surface area is 159 Å². The first kappa shape index (κ1) is 17.3. The Kier molecular flexibility index (Phi) is 4.47. The van der Waals surface area contributed by atoms with Gasteiger partial charge >= 0.3 is 0 Å². The summed E-state index contributed by atoms with van der Waals surface area (Å²) in [7, 11) is 0. The van der Waals surface area contributed by atoms with E-state index < -0.39 is 5.56 Å². The molecule has 0 aliphatic rings. The minimum Gasteiger partial charge on any atom is -0.507 e. The Bertz CT molecular complexity index is 1200. The number of hydrogen-bond donors (Lipinski definition) is 4. The maximum atomic E-state index is 12.2. The highest BCUT2D eigenvalue weighted by molar-refractivity contribution is 6.04. The quantitative estimate of drug-likeness (QED) is 0.438. The zero-order valence-corrected chi connectivity index (χ0v) is 14.6. The van der Waals surface area contributed by atoms with Gasteiger partial charge in [0.25, 0.3) is 11.5 Å². The van der Waals surface area contributed by atoms with E-state index in [0.29, 0.717) is 28.0 Å². The molecule has 4 aromatic rings. The minimum atomic E-state index is -0.423. The molecule has 4 N–H and O–H groups in total. The number of carbonyl (C=O) groups is 1. The second-order valence-electron chi connectivity index (χ2n) is 6.12. The first-order valence-corrected chi connectivity index (χ1v) is 8.55. The molecule has 0 saturated heterocycles. The van der Waals surface area contributed by atoms with E-state index in [1.807, 2.05) is 18.2 Å². The Morgan fingerprint density at radius 2 is 1.68 bits per heavy atom. The Morgan fingerprint density at radius 1 is 0.964 bits per heavy atom. The Balaban J connectivity index is 1.55. The fourth-order valence-corrected chi connectivity index (χ4v) is 2.85. The summed E-state index contributed by atoms with van der Waals surface area (Å²) < 4.78 is 0. The first-order valence-electron chi connectivity index (χ1n) is 8.55. The Morgan fingerprint density at radius 3 is 2.43 bits per heavy atom. The number of H-pyrrole nitrogens is 1. The number of fused-ring (bicyclic) bond motifs is 1. The minimum absolute atomic E-state index is 0.152. The number of nitrogens with zero attached hydrogens (tertiary/aromatic N) is 1. The van der Waals surface area contributed by atoms with Crippen LogP contribution in [0.3, 0.4) is 0 Å². The molecule has 0 bridgehead atoms. The molecule has 2 aromatic heterocycles. The second-order valence-corrected chi connectivity index (χ2v) is 6.12. The summed E-state index contributed by atoms with van der Waals surface area (Å²) >= 11 is 0. The van der Waals surface area contributed by atoms with Crippen molar-refractivity contribution in [1.29, 1.82) is 0 Å². The van der Waals surface area contributed by atoms with Gasteiger partial charge in [0, 0.05) is 29.2 Å². The SMILES string of the molecule is O=C(Nc1ccc(Nc2ccnc3[nH]c(=O)cc(O)c23)cc1)c1ccccc1. The smallest absolute Gasteiger partial charge is 0.255 e. The molecule has 0 spiro atoms. The van der Waals surface area contributed by atoms with Crippen LogP contribution in [0.5, 0.6) is 5.75 Å². The number of rotatable bonds is 4. The zero-order chi connectivity index (χ0) is 19.5. The van der Waals surface area contributed by atoms with Gasteiger partial charge in [-0.3, -0.25) is 9.59 Å². The van der Waals surface area contributed by atoms with Gasteiger partial charge in [-0.1, -0.05) is 18.2 Å². The maximum Gasteiger partial charge on any atom is 0.255 e. The van der Waals surface area contributed by atoms with Crippen molar-refractivity contribution in [2.75, 3.05) is 10.6 Å². The second kappa shape index (κ2) is 7.24. The average Bonchev–Trinajstić information content (AvgIpc) is 2.70. The summed E-state index contributed by atoms with van der Waals surface area (Å²) in [5, 5.41) is 16.6. The van der Waals surface area contributed by atoms with Crippen LogP contribution in [-0.2, 0) is 0 Å². The summed E-state index contributed by atoms with van der Waals surface area (Å²) in [4.78, 5) is 30.4. The largest absolute Gasteiger partial charge is 0.507 e. The Hall–Kier alpha value is -4.13. The van der Waals surface area contributed by atoms with Gasteiger partial charge in [-0.25, -0.2) is 4.98 Å². The lowest BCUT2D eigenvalue weighted by Crippen LogP contribution is -2.11. The van der Waals surface area contributed by atoms with Crippen LogP contribution in [0.4, 0.5) is 17.1 Å². The lowest BCUT2D eigenvalue weighted by atomic mass is 10.2. The van der Waals surface area contributed by atoms with Gasteiger partial charge in [0.15, 0.2) is 0 Å². The van der Waals surface area contributed by atoms with E-state index in [-0.39, 0.29) is 11.7 Å². The fourth-order valence-electron chi connectivity index (χ4n) is 2.85. The molecule has 4 rings (SSSR count). The van der Waals surface area contributed by atoms with Gasteiger partial charge in [-0.05, 0) is 42.5 Å². The van der Waals surface area contributed by atoms with Crippen molar-refractivity contribution >= 4 is 34.0 Å². The molecule has 0 aliphatic heterocycles. The van der Waals surface area contributed by atoms with Crippen LogP contribution >= 0.6 is 0 Å². The van der Waals surface area contributed by atoms with Crippen LogP contribution in [0.1, 0.15) is 10.4 Å². The number of amides is 1. The van der Waals surface area contributed by atoms with Crippen molar-refractivity contribution in [3.63, 3.8) is 0 Å². The number of anilines is 3. The summed E-state index contributed by atoms with van der Waals surface area (Å²) in [6, 6.07) is 18.9. The highest BCUT2D eigenvalue weighted by Crippen LogP contribution is 2.30. The van der Waals surface area contributed by atoms with E-state index in [0.717, 1.165) is 11.8 Å². The van der Waals surface area contributed by atoms with Crippen molar-refractivity contribution < 1.29 is 9.90 Å². The van der Waals surface area contributed by atoms with Gasteiger partial charge in [-0.15, -0.1) is 0 Å². The topological polar surface area (TPSA) is 107 Å². The molecule has 7 heteroatoms. The maximum absolute atomic E-state index is 12.2. The summed E-state index contributed by atoms with van der Waals surface area (Å²) in [5.74, 6) is -0.337. The predicted octanol–water partition coefficient (Wildman–Crippen LogP) is 3.62. The summed E-state index contributed by atoms with van der Waals surface area (Å²) in [5.41, 5.74) is 2.45. The van der Waals surface area contributed by atoms with Crippen LogP contribution < -0.4 is 16.2 Å². The van der Waals surface area contributed by atoms with Gasteiger partial charge < -0.3 is 20.7 Å². The van der Waals surface area contributed by atoms with Gasteiger partial charge in [0.1, 0.15) is 11.4 Å². The normalized spacial score (nSPS) is 10.6. The number of pyridine rings is 2.